The SMILES string of the molecule is CCN1CCC(=NNC(=O)c2cc(-c3ccccc3O)nc3ccccc23)CC1. The van der Waals surface area contributed by atoms with Gasteiger partial charge in [0.1, 0.15) is 5.75 Å². The lowest BCUT2D eigenvalue weighted by Gasteiger charge is -2.25. The number of piperidine rings is 1. The summed E-state index contributed by atoms with van der Waals surface area (Å²) in [6.45, 7) is 5.14. The van der Waals surface area contributed by atoms with E-state index in [2.05, 4.69) is 27.3 Å². The van der Waals surface area contributed by atoms with Crippen LogP contribution >= 0.6 is 0 Å². The first-order valence-electron chi connectivity index (χ1n) is 9.92. The number of para-hydroxylation sites is 2. The second-order valence-electron chi connectivity index (χ2n) is 7.14. The Kier molecular flexibility index (Phi) is 5.53. The molecule has 6 nitrogen and oxygen atoms in total. The monoisotopic (exact) mass is 388 g/mol. The number of carbonyl (C=O) groups excluding carboxylic acids is 1. The molecule has 1 aliphatic heterocycles. The Morgan fingerprint density at radius 2 is 1.86 bits per heavy atom. The third kappa shape index (κ3) is 4.12. The summed E-state index contributed by atoms with van der Waals surface area (Å²) in [5.41, 5.74) is 6.07. The van der Waals surface area contributed by atoms with Crippen molar-refractivity contribution in [2.24, 2.45) is 5.10 Å². The molecular weight excluding hydrogens is 364 g/mol. The molecular formula is C23H24N4O2. The van der Waals surface area contributed by atoms with E-state index in [1.165, 1.54) is 0 Å². The van der Waals surface area contributed by atoms with Gasteiger partial charge in [-0.15, -0.1) is 0 Å². The van der Waals surface area contributed by atoms with Crippen molar-refractivity contribution in [3.8, 4) is 17.0 Å². The highest BCUT2D eigenvalue weighted by Crippen LogP contribution is 2.30. The molecule has 0 aliphatic carbocycles. The van der Waals surface area contributed by atoms with E-state index in [0.717, 1.165) is 43.6 Å². The zero-order valence-electron chi connectivity index (χ0n) is 16.4. The van der Waals surface area contributed by atoms with Crippen molar-refractivity contribution in [1.82, 2.24) is 15.3 Å². The molecule has 1 fully saturated rings. The molecule has 1 amide bonds. The van der Waals surface area contributed by atoms with E-state index in [4.69, 9.17) is 0 Å². The molecule has 1 aliphatic rings. The van der Waals surface area contributed by atoms with Crippen LogP contribution in [0, 0.1) is 0 Å². The number of phenolic OH excluding ortho intramolecular Hbond substituents is 1. The average Bonchev–Trinajstić information content (AvgIpc) is 2.77. The van der Waals surface area contributed by atoms with E-state index < -0.39 is 0 Å². The number of pyridine rings is 1. The van der Waals surface area contributed by atoms with Crippen molar-refractivity contribution in [2.75, 3.05) is 19.6 Å². The molecule has 2 N–H and O–H groups in total. The fraction of sp³-hybridized carbons (Fsp3) is 0.261. The van der Waals surface area contributed by atoms with E-state index in [0.29, 0.717) is 22.3 Å². The zero-order valence-corrected chi connectivity index (χ0v) is 16.4. The van der Waals surface area contributed by atoms with E-state index in [9.17, 15) is 9.90 Å². The molecule has 0 saturated carbocycles. The molecule has 29 heavy (non-hydrogen) atoms. The number of nitrogens with zero attached hydrogens (tertiary/aromatic N) is 3. The van der Waals surface area contributed by atoms with Crippen LogP contribution in [0.5, 0.6) is 5.75 Å². The Bertz CT molecular complexity index is 1070. The number of phenols is 1. The van der Waals surface area contributed by atoms with Gasteiger partial charge >= 0.3 is 0 Å². The van der Waals surface area contributed by atoms with Gasteiger partial charge in [0.2, 0.25) is 0 Å². The summed E-state index contributed by atoms with van der Waals surface area (Å²) in [7, 11) is 0. The number of benzene rings is 2. The van der Waals surface area contributed by atoms with Crippen LogP contribution in [0.15, 0.2) is 59.7 Å². The van der Waals surface area contributed by atoms with Crippen LogP contribution in [0.2, 0.25) is 0 Å². The van der Waals surface area contributed by atoms with Crippen molar-refractivity contribution in [1.29, 1.82) is 0 Å². The molecule has 4 rings (SSSR count). The standard InChI is InChI=1S/C23H24N4O2/c1-2-27-13-11-16(12-14-27)25-26-23(29)19-15-21(18-8-4-6-10-22(18)28)24-20-9-5-3-7-17(19)20/h3-10,15,28H,2,11-14H2,1H3,(H,26,29). The first kappa shape index (κ1) is 19.1. The number of aromatic hydroxyl groups is 1. The lowest BCUT2D eigenvalue weighted by Crippen LogP contribution is -2.34. The van der Waals surface area contributed by atoms with Gasteiger partial charge in [-0.3, -0.25) is 4.79 Å². The minimum absolute atomic E-state index is 0.129. The van der Waals surface area contributed by atoms with Crippen molar-refractivity contribution in [3.63, 3.8) is 0 Å². The van der Waals surface area contributed by atoms with Gasteiger partial charge in [0, 0.05) is 42.6 Å². The Morgan fingerprint density at radius 3 is 2.62 bits per heavy atom. The number of carbonyl (C=O) groups is 1. The maximum Gasteiger partial charge on any atom is 0.272 e. The maximum absolute atomic E-state index is 13.0. The number of amides is 1. The fourth-order valence-corrected chi connectivity index (χ4v) is 3.62. The molecule has 0 unspecified atom stereocenters. The number of rotatable bonds is 4. The lowest BCUT2D eigenvalue weighted by atomic mass is 10.0. The Labute approximate surface area is 169 Å². The van der Waals surface area contributed by atoms with Crippen LogP contribution in [-0.2, 0) is 0 Å². The number of hydrogen-bond donors (Lipinski definition) is 2. The van der Waals surface area contributed by atoms with Crippen molar-refractivity contribution >= 4 is 22.5 Å². The number of likely N-dealkylation sites (tertiary alicyclic amines) is 1. The molecule has 0 atom stereocenters. The first-order valence-corrected chi connectivity index (χ1v) is 9.92. The van der Waals surface area contributed by atoms with Crippen LogP contribution in [0.4, 0.5) is 0 Å². The number of hydrazone groups is 1. The zero-order chi connectivity index (χ0) is 20.2. The van der Waals surface area contributed by atoms with Crippen molar-refractivity contribution < 1.29 is 9.90 Å². The minimum Gasteiger partial charge on any atom is -0.507 e. The molecule has 2 heterocycles. The van der Waals surface area contributed by atoms with Gasteiger partial charge in [-0.25, -0.2) is 10.4 Å². The molecule has 1 saturated heterocycles. The van der Waals surface area contributed by atoms with Crippen LogP contribution in [0.1, 0.15) is 30.1 Å². The fourth-order valence-electron chi connectivity index (χ4n) is 3.62. The molecule has 0 radical (unpaired) electrons. The summed E-state index contributed by atoms with van der Waals surface area (Å²) in [6, 6.07) is 16.2. The highest BCUT2D eigenvalue weighted by atomic mass is 16.3. The summed E-state index contributed by atoms with van der Waals surface area (Å²) < 4.78 is 0. The van der Waals surface area contributed by atoms with E-state index in [-0.39, 0.29) is 11.7 Å². The van der Waals surface area contributed by atoms with Gasteiger partial charge < -0.3 is 10.0 Å². The highest BCUT2D eigenvalue weighted by molar-refractivity contribution is 6.07. The molecule has 0 spiro atoms. The van der Waals surface area contributed by atoms with Crippen molar-refractivity contribution in [2.45, 2.75) is 19.8 Å². The van der Waals surface area contributed by atoms with Crippen LogP contribution < -0.4 is 5.43 Å². The molecule has 148 valence electrons. The third-order valence-electron chi connectivity index (χ3n) is 5.34. The van der Waals surface area contributed by atoms with Crippen LogP contribution in [-0.4, -0.2) is 46.2 Å². The molecule has 6 heteroatoms. The lowest BCUT2D eigenvalue weighted by molar-refractivity contribution is 0.0956. The molecule has 1 aromatic heterocycles. The van der Waals surface area contributed by atoms with Gasteiger partial charge in [0.05, 0.1) is 16.8 Å². The number of nitrogens with one attached hydrogen (secondary N) is 1. The van der Waals surface area contributed by atoms with Crippen molar-refractivity contribution in [3.05, 3.63) is 60.2 Å². The van der Waals surface area contributed by atoms with Gasteiger partial charge in [-0.1, -0.05) is 37.3 Å². The number of hydrogen-bond acceptors (Lipinski definition) is 5. The predicted octanol–water partition coefficient (Wildman–Crippen LogP) is 3.81. The molecule has 3 aromatic rings. The first-order chi connectivity index (χ1) is 14.2. The van der Waals surface area contributed by atoms with E-state index in [1.54, 1.807) is 24.3 Å². The quantitative estimate of drug-likeness (QED) is 0.666. The summed E-state index contributed by atoms with van der Waals surface area (Å²) >= 11 is 0. The summed E-state index contributed by atoms with van der Waals surface area (Å²) in [5, 5.41) is 15.3. The second-order valence-corrected chi connectivity index (χ2v) is 7.14. The van der Waals surface area contributed by atoms with Gasteiger partial charge in [-0.2, -0.15) is 5.10 Å². The smallest absolute Gasteiger partial charge is 0.272 e. The summed E-state index contributed by atoms with van der Waals surface area (Å²) in [4.78, 5) is 20.0. The highest BCUT2D eigenvalue weighted by Gasteiger charge is 2.17. The maximum atomic E-state index is 13.0. The summed E-state index contributed by atoms with van der Waals surface area (Å²) in [6.07, 6.45) is 1.74. The Balaban J connectivity index is 1.65. The molecule has 2 aromatic carbocycles. The van der Waals surface area contributed by atoms with Gasteiger partial charge in [-0.05, 0) is 30.8 Å². The Morgan fingerprint density at radius 1 is 1.14 bits per heavy atom. The van der Waals surface area contributed by atoms with Crippen LogP contribution in [0.25, 0.3) is 22.2 Å². The van der Waals surface area contributed by atoms with E-state index in [1.807, 2.05) is 30.3 Å². The predicted molar refractivity (Wildman–Crippen MR) is 115 cm³/mol. The van der Waals surface area contributed by atoms with E-state index >= 15 is 0 Å². The van der Waals surface area contributed by atoms with Gasteiger partial charge in [0.15, 0.2) is 0 Å². The van der Waals surface area contributed by atoms with Crippen LogP contribution in [0.3, 0.4) is 0 Å². The molecule has 0 bridgehead atoms. The average molecular weight is 388 g/mol. The summed E-state index contributed by atoms with van der Waals surface area (Å²) in [5.74, 6) is -0.143. The number of fused-ring (bicyclic) bond motifs is 1. The topological polar surface area (TPSA) is 77.8 Å². The normalized spacial score (nSPS) is 14.7. The third-order valence-corrected chi connectivity index (χ3v) is 5.34. The largest absolute Gasteiger partial charge is 0.507 e. The number of aromatic nitrogens is 1. The minimum atomic E-state index is -0.273. The second kappa shape index (κ2) is 8.41. The Hall–Kier alpha value is -3.25. The van der Waals surface area contributed by atoms with Gasteiger partial charge in [0.25, 0.3) is 5.91 Å².